The number of aromatic nitrogens is 3. The number of nitrogens with one attached hydrogen (secondary N) is 2. The van der Waals surface area contributed by atoms with Crippen molar-refractivity contribution in [1.82, 2.24) is 15.0 Å². The number of nitriles is 1. The first-order chi connectivity index (χ1) is 17.1. The summed E-state index contributed by atoms with van der Waals surface area (Å²) in [5.74, 6) is 0.375. The lowest BCUT2D eigenvalue weighted by atomic mass is 10.1. The van der Waals surface area contributed by atoms with Gasteiger partial charge in [-0.3, -0.25) is 15.1 Å². The van der Waals surface area contributed by atoms with Gasteiger partial charge in [-0.25, -0.2) is 9.97 Å². The molecular formula is C25H21N7O3. The largest absolute Gasteiger partial charge is 0.486 e. The number of hydrogen-bond acceptors (Lipinski definition) is 9. The van der Waals surface area contributed by atoms with Crippen LogP contribution in [0.1, 0.15) is 22.3 Å². The SMILES string of the molecule is N#Cc1cnc2cc(OC3CCOC3)c(N)cc2c1Nc1cnc(NC(=O)c2ccccc2)nc1. The maximum atomic E-state index is 12.3. The lowest BCUT2D eigenvalue weighted by Crippen LogP contribution is -2.16. The fourth-order valence-electron chi connectivity index (χ4n) is 3.71. The number of hydrogen-bond donors (Lipinski definition) is 3. The van der Waals surface area contributed by atoms with E-state index in [0.717, 1.165) is 6.42 Å². The van der Waals surface area contributed by atoms with Gasteiger partial charge in [0.25, 0.3) is 5.91 Å². The highest BCUT2D eigenvalue weighted by Gasteiger charge is 2.20. The summed E-state index contributed by atoms with van der Waals surface area (Å²) in [5, 5.41) is 16.1. The van der Waals surface area contributed by atoms with E-state index in [4.69, 9.17) is 15.2 Å². The Morgan fingerprint density at radius 2 is 1.94 bits per heavy atom. The quantitative estimate of drug-likeness (QED) is 0.361. The number of anilines is 4. The van der Waals surface area contributed by atoms with Crippen molar-refractivity contribution in [2.45, 2.75) is 12.5 Å². The smallest absolute Gasteiger partial charge is 0.258 e. The van der Waals surface area contributed by atoms with Crippen LogP contribution in [0.4, 0.5) is 23.0 Å². The molecule has 174 valence electrons. The predicted molar refractivity (Wildman–Crippen MR) is 130 cm³/mol. The van der Waals surface area contributed by atoms with E-state index in [1.807, 2.05) is 6.07 Å². The first-order valence-corrected chi connectivity index (χ1v) is 10.9. The van der Waals surface area contributed by atoms with Gasteiger partial charge in [-0.2, -0.15) is 5.26 Å². The number of carbonyl (C=O) groups excluding carboxylic acids is 1. The Hall–Kier alpha value is -4.75. The van der Waals surface area contributed by atoms with Crippen LogP contribution in [0, 0.1) is 11.3 Å². The molecule has 0 aliphatic carbocycles. The molecule has 1 amide bonds. The highest BCUT2D eigenvalue weighted by atomic mass is 16.5. The maximum absolute atomic E-state index is 12.3. The normalized spacial score (nSPS) is 14.9. The predicted octanol–water partition coefficient (Wildman–Crippen LogP) is 3.64. The number of fused-ring (bicyclic) bond motifs is 1. The van der Waals surface area contributed by atoms with Gasteiger partial charge in [0.1, 0.15) is 17.9 Å². The summed E-state index contributed by atoms with van der Waals surface area (Å²) in [7, 11) is 0. The average molecular weight is 467 g/mol. The van der Waals surface area contributed by atoms with E-state index in [1.54, 1.807) is 36.4 Å². The zero-order valence-corrected chi connectivity index (χ0v) is 18.6. The monoisotopic (exact) mass is 467 g/mol. The van der Waals surface area contributed by atoms with Crippen LogP contribution < -0.4 is 21.1 Å². The second-order valence-electron chi connectivity index (χ2n) is 7.91. The number of amides is 1. The topological polar surface area (TPSA) is 148 Å². The molecule has 4 aromatic rings. The third-order valence-corrected chi connectivity index (χ3v) is 5.48. The molecule has 0 bridgehead atoms. The summed E-state index contributed by atoms with van der Waals surface area (Å²) in [6, 6.07) is 14.4. The maximum Gasteiger partial charge on any atom is 0.258 e. The van der Waals surface area contributed by atoms with E-state index in [-0.39, 0.29) is 18.0 Å². The number of nitrogens with two attached hydrogens (primary N) is 1. The van der Waals surface area contributed by atoms with Crippen molar-refractivity contribution in [3.8, 4) is 11.8 Å². The second kappa shape index (κ2) is 9.62. The molecule has 1 aliphatic rings. The van der Waals surface area contributed by atoms with Crippen LogP contribution in [-0.4, -0.2) is 40.2 Å². The summed E-state index contributed by atoms with van der Waals surface area (Å²) in [6.45, 7) is 1.18. The van der Waals surface area contributed by atoms with E-state index in [1.165, 1.54) is 18.6 Å². The third-order valence-electron chi connectivity index (χ3n) is 5.48. The number of pyridine rings is 1. The molecule has 0 radical (unpaired) electrons. The number of nitrogen functional groups attached to an aromatic ring is 1. The van der Waals surface area contributed by atoms with Gasteiger partial charge in [0.2, 0.25) is 5.95 Å². The summed E-state index contributed by atoms with van der Waals surface area (Å²) in [4.78, 5) is 25.1. The molecule has 3 heterocycles. The molecule has 10 heteroatoms. The van der Waals surface area contributed by atoms with Crippen molar-refractivity contribution in [3.63, 3.8) is 0 Å². The van der Waals surface area contributed by atoms with Crippen LogP contribution in [0.25, 0.3) is 10.9 Å². The van der Waals surface area contributed by atoms with Crippen LogP contribution in [0.3, 0.4) is 0 Å². The zero-order chi connectivity index (χ0) is 24.2. The first kappa shape index (κ1) is 22.1. The van der Waals surface area contributed by atoms with Gasteiger partial charge in [-0.1, -0.05) is 18.2 Å². The van der Waals surface area contributed by atoms with Gasteiger partial charge in [-0.05, 0) is 18.2 Å². The van der Waals surface area contributed by atoms with Gasteiger partial charge in [0.05, 0.1) is 53.7 Å². The molecule has 1 aliphatic heterocycles. The molecule has 0 saturated carbocycles. The highest BCUT2D eigenvalue weighted by Crippen LogP contribution is 2.35. The van der Waals surface area contributed by atoms with Gasteiger partial charge in [0, 0.05) is 29.6 Å². The van der Waals surface area contributed by atoms with Gasteiger partial charge < -0.3 is 20.5 Å². The number of benzene rings is 2. The molecule has 10 nitrogen and oxygen atoms in total. The third kappa shape index (κ3) is 4.80. The summed E-state index contributed by atoms with van der Waals surface area (Å²) in [6.07, 6.45) is 5.26. The fraction of sp³-hybridized carbons (Fsp3) is 0.160. The zero-order valence-electron chi connectivity index (χ0n) is 18.6. The Kier molecular flexibility index (Phi) is 6.07. The number of nitrogens with zero attached hydrogens (tertiary/aromatic N) is 4. The van der Waals surface area contributed by atoms with Crippen LogP contribution in [0.5, 0.6) is 5.75 Å². The van der Waals surface area contributed by atoms with E-state index < -0.39 is 0 Å². The lowest BCUT2D eigenvalue weighted by molar-refractivity contribution is 0.102. The Morgan fingerprint density at radius 3 is 2.66 bits per heavy atom. The van der Waals surface area contributed by atoms with E-state index >= 15 is 0 Å². The van der Waals surface area contributed by atoms with Gasteiger partial charge in [-0.15, -0.1) is 0 Å². The minimum absolute atomic E-state index is 0.0521. The second-order valence-corrected chi connectivity index (χ2v) is 7.91. The average Bonchev–Trinajstić information content (AvgIpc) is 3.40. The highest BCUT2D eigenvalue weighted by molar-refractivity contribution is 6.03. The molecule has 35 heavy (non-hydrogen) atoms. The van der Waals surface area contributed by atoms with Crippen molar-refractivity contribution in [2.75, 3.05) is 29.6 Å². The van der Waals surface area contributed by atoms with Gasteiger partial charge >= 0.3 is 0 Å². The summed E-state index contributed by atoms with van der Waals surface area (Å²) < 4.78 is 11.3. The van der Waals surface area contributed by atoms with Crippen LogP contribution in [0.15, 0.2) is 61.1 Å². The Morgan fingerprint density at radius 1 is 1.14 bits per heavy atom. The Bertz CT molecular complexity index is 1410. The van der Waals surface area contributed by atoms with E-state index in [2.05, 4.69) is 31.7 Å². The first-order valence-electron chi connectivity index (χ1n) is 10.9. The van der Waals surface area contributed by atoms with Crippen molar-refractivity contribution in [1.29, 1.82) is 5.26 Å². The molecule has 2 aromatic heterocycles. The minimum atomic E-state index is -0.309. The lowest BCUT2D eigenvalue weighted by Gasteiger charge is -2.16. The summed E-state index contributed by atoms with van der Waals surface area (Å²) in [5.41, 5.74) is 9.18. The molecule has 0 spiro atoms. The Balaban J connectivity index is 1.39. The molecular weight excluding hydrogens is 446 g/mol. The van der Waals surface area contributed by atoms with E-state index in [0.29, 0.717) is 58.1 Å². The number of ether oxygens (including phenoxy) is 2. The fourth-order valence-corrected chi connectivity index (χ4v) is 3.71. The van der Waals surface area contributed by atoms with Crippen LogP contribution >= 0.6 is 0 Å². The van der Waals surface area contributed by atoms with E-state index in [9.17, 15) is 10.1 Å². The molecule has 5 rings (SSSR count). The van der Waals surface area contributed by atoms with Crippen molar-refractivity contribution in [2.24, 2.45) is 0 Å². The van der Waals surface area contributed by atoms with Crippen LogP contribution in [-0.2, 0) is 4.74 Å². The molecule has 1 fully saturated rings. The Labute approximate surface area is 200 Å². The van der Waals surface area contributed by atoms with Crippen LogP contribution in [0.2, 0.25) is 0 Å². The summed E-state index contributed by atoms with van der Waals surface area (Å²) >= 11 is 0. The van der Waals surface area contributed by atoms with Gasteiger partial charge in [0.15, 0.2) is 0 Å². The molecule has 4 N–H and O–H groups in total. The van der Waals surface area contributed by atoms with Crippen molar-refractivity contribution < 1.29 is 14.3 Å². The molecule has 1 saturated heterocycles. The van der Waals surface area contributed by atoms with Crippen molar-refractivity contribution in [3.05, 3.63) is 72.2 Å². The number of rotatable bonds is 6. The number of carbonyl (C=O) groups is 1. The molecule has 1 unspecified atom stereocenters. The standard InChI is InChI=1S/C25H21N7O3/c26-10-16-11-28-21-9-22(35-18-6-7-34-14-18)20(27)8-19(21)23(16)31-17-12-29-25(30-13-17)32-24(33)15-4-2-1-3-5-15/h1-5,8-9,11-13,18H,6-7,14,27H2,(H,28,31)(H,29,30,32,33). The molecule has 1 atom stereocenters. The molecule has 2 aromatic carbocycles. The minimum Gasteiger partial charge on any atom is -0.486 e. The van der Waals surface area contributed by atoms with Crippen molar-refractivity contribution >= 4 is 39.8 Å².